The number of carbonyl (C=O) groups is 2. The van der Waals surface area contributed by atoms with Crippen molar-refractivity contribution in [2.24, 2.45) is 0 Å². The standard InChI is InChI=1S/C24H30Cl2N2O2S/c1-5-21(23(30)27-24(2,3)4)28(14-17-9-7-6-8-10-17)22(29)16-31-15-18-11-12-19(25)20(26)13-18/h6-13,21H,5,14-16H2,1-4H3,(H,27,30)/t21-/m1/s1. The van der Waals surface area contributed by atoms with Gasteiger partial charge in [-0.25, -0.2) is 0 Å². The maximum Gasteiger partial charge on any atom is 0.243 e. The van der Waals surface area contributed by atoms with Crippen LogP contribution in [0, 0.1) is 0 Å². The number of hydrogen-bond acceptors (Lipinski definition) is 3. The van der Waals surface area contributed by atoms with Crippen LogP contribution in [0.15, 0.2) is 48.5 Å². The number of hydrogen-bond donors (Lipinski definition) is 1. The number of carbonyl (C=O) groups excluding carboxylic acids is 2. The molecule has 0 fully saturated rings. The lowest BCUT2D eigenvalue weighted by molar-refractivity contribution is -0.140. The first-order valence-corrected chi connectivity index (χ1v) is 12.2. The normalized spacial score (nSPS) is 12.3. The van der Waals surface area contributed by atoms with Gasteiger partial charge in [0.15, 0.2) is 0 Å². The molecule has 0 spiro atoms. The Morgan fingerprint density at radius 2 is 1.71 bits per heavy atom. The summed E-state index contributed by atoms with van der Waals surface area (Å²) in [5.74, 6) is 0.706. The van der Waals surface area contributed by atoms with Crippen LogP contribution in [0.3, 0.4) is 0 Å². The van der Waals surface area contributed by atoms with Crippen molar-refractivity contribution in [1.29, 1.82) is 0 Å². The first kappa shape index (κ1) is 25.6. The molecule has 0 unspecified atom stereocenters. The van der Waals surface area contributed by atoms with Crippen molar-refractivity contribution in [3.8, 4) is 0 Å². The molecule has 4 nitrogen and oxygen atoms in total. The van der Waals surface area contributed by atoms with E-state index >= 15 is 0 Å². The van der Waals surface area contributed by atoms with Crippen LogP contribution < -0.4 is 5.32 Å². The predicted molar refractivity (Wildman–Crippen MR) is 132 cm³/mol. The fraction of sp³-hybridized carbons (Fsp3) is 0.417. The molecule has 31 heavy (non-hydrogen) atoms. The molecule has 168 valence electrons. The summed E-state index contributed by atoms with van der Waals surface area (Å²) in [6.07, 6.45) is 0.540. The Morgan fingerprint density at radius 3 is 2.29 bits per heavy atom. The number of nitrogens with one attached hydrogen (secondary N) is 1. The lowest BCUT2D eigenvalue weighted by atomic mass is 10.1. The molecule has 1 N–H and O–H groups in total. The van der Waals surface area contributed by atoms with E-state index in [9.17, 15) is 9.59 Å². The van der Waals surface area contributed by atoms with Gasteiger partial charge in [0, 0.05) is 17.8 Å². The zero-order valence-corrected chi connectivity index (χ0v) is 20.8. The summed E-state index contributed by atoms with van der Waals surface area (Å²) >= 11 is 13.6. The number of benzene rings is 2. The number of rotatable bonds is 9. The molecular weight excluding hydrogens is 451 g/mol. The minimum absolute atomic E-state index is 0.0650. The maximum absolute atomic E-state index is 13.2. The number of halogens is 2. The van der Waals surface area contributed by atoms with E-state index in [0.717, 1.165) is 11.1 Å². The van der Waals surface area contributed by atoms with Crippen molar-refractivity contribution in [1.82, 2.24) is 10.2 Å². The largest absolute Gasteiger partial charge is 0.350 e. The summed E-state index contributed by atoms with van der Waals surface area (Å²) in [6.45, 7) is 8.14. The Morgan fingerprint density at radius 1 is 1.03 bits per heavy atom. The predicted octanol–water partition coefficient (Wildman–Crippen LogP) is 5.95. The molecule has 2 aromatic rings. The monoisotopic (exact) mass is 480 g/mol. The zero-order valence-electron chi connectivity index (χ0n) is 18.5. The Balaban J connectivity index is 2.12. The summed E-state index contributed by atoms with van der Waals surface area (Å²) in [6, 6.07) is 14.7. The van der Waals surface area contributed by atoms with Gasteiger partial charge in [0.2, 0.25) is 11.8 Å². The first-order chi connectivity index (χ1) is 14.6. The molecule has 0 saturated heterocycles. The van der Waals surface area contributed by atoms with Crippen LogP contribution in [0.4, 0.5) is 0 Å². The Kier molecular flexibility index (Phi) is 9.73. The highest BCUT2D eigenvalue weighted by atomic mass is 35.5. The molecule has 0 heterocycles. The second kappa shape index (κ2) is 11.8. The van der Waals surface area contributed by atoms with Crippen LogP contribution in [-0.4, -0.2) is 34.0 Å². The lowest BCUT2D eigenvalue weighted by Gasteiger charge is -2.33. The van der Waals surface area contributed by atoms with E-state index in [1.54, 1.807) is 11.0 Å². The third-order valence-electron chi connectivity index (χ3n) is 4.56. The van der Waals surface area contributed by atoms with E-state index in [0.29, 0.717) is 28.8 Å². The smallest absolute Gasteiger partial charge is 0.243 e. The van der Waals surface area contributed by atoms with Crippen LogP contribution in [0.25, 0.3) is 0 Å². The highest BCUT2D eigenvalue weighted by Crippen LogP contribution is 2.25. The van der Waals surface area contributed by atoms with Gasteiger partial charge in [0.1, 0.15) is 6.04 Å². The molecule has 0 radical (unpaired) electrons. The molecule has 2 amide bonds. The second-order valence-corrected chi connectivity index (χ2v) is 10.2. The van der Waals surface area contributed by atoms with Gasteiger partial charge in [0.25, 0.3) is 0 Å². The SMILES string of the molecule is CC[C@H](C(=O)NC(C)(C)C)N(Cc1ccccc1)C(=O)CSCc1ccc(Cl)c(Cl)c1. The lowest BCUT2D eigenvalue weighted by Crippen LogP contribution is -2.53. The molecule has 0 aliphatic rings. The van der Waals surface area contributed by atoms with E-state index in [2.05, 4.69) is 5.32 Å². The highest BCUT2D eigenvalue weighted by molar-refractivity contribution is 7.99. The van der Waals surface area contributed by atoms with Gasteiger partial charge in [-0.15, -0.1) is 11.8 Å². The topological polar surface area (TPSA) is 49.4 Å². The van der Waals surface area contributed by atoms with Crippen LogP contribution in [0.5, 0.6) is 0 Å². The van der Waals surface area contributed by atoms with Gasteiger partial charge in [-0.1, -0.05) is 66.5 Å². The van der Waals surface area contributed by atoms with Crippen LogP contribution in [0.1, 0.15) is 45.2 Å². The molecular formula is C24H30Cl2N2O2S. The van der Waals surface area contributed by atoms with Gasteiger partial charge < -0.3 is 10.2 Å². The van der Waals surface area contributed by atoms with Crippen molar-refractivity contribution in [3.05, 3.63) is 69.7 Å². The average Bonchev–Trinajstić information content (AvgIpc) is 2.70. The molecule has 7 heteroatoms. The van der Waals surface area contributed by atoms with Gasteiger partial charge in [-0.3, -0.25) is 9.59 Å². The van der Waals surface area contributed by atoms with Crippen molar-refractivity contribution in [3.63, 3.8) is 0 Å². The van der Waals surface area contributed by atoms with Crippen molar-refractivity contribution in [2.45, 2.75) is 58.0 Å². The highest BCUT2D eigenvalue weighted by Gasteiger charge is 2.30. The Hall–Kier alpha value is -1.69. The Labute approximate surface area is 199 Å². The molecule has 0 aromatic heterocycles. The summed E-state index contributed by atoms with van der Waals surface area (Å²) in [5.41, 5.74) is 1.63. The summed E-state index contributed by atoms with van der Waals surface area (Å²) in [4.78, 5) is 27.9. The van der Waals surface area contributed by atoms with Crippen LogP contribution in [0.2, 0.25) is 10.0 Å². The molecule has 1 atom stereocenters. The number of nitrogens with zero attached hydrogens (tertiary/aromatic N) is 1. The van der Waals surface area contributed by atoms with Crippen LogP contribution in [-0.2, 0) is 21.9 Å². The Bertz CT molecular complexity index is 885. The van der Waals surface area contributed by atoms with E-state index in [4.69, 9.17) is 23.2 Å². The average molecular weight is 481 g/mol. The molecule has 0 aliphatic heterocycles. The fourth-order valence-electron chi connectivity index (χ4n) is 3.12. The quantitative estimate of drug-likeness (QED) is 0.482. The van der Waals surface area contributed by atoms with E-state index in [1.807, 2.05) is 70.2 Å². The van der Waals surface area contributed by atoms with Crippen molar-refractivity contribution in [2.75, 3.05) is 5.75 Å². The van der Waals surface area contributed by atoms with E-state index in [-0.39, 0.29) is 23.1 Å². The molecule has 2 rings (SSSR count). The molecule has 2 aromatic carbocycles. The first-order valence-electron chi connectivity index (χ1n) is 10.3. The number of thioether (sulfide) groups is 1. The molecule has 0 saturated carbocycles. The second-order valence-electron chi connectivity index (χ2n) is 8.41. The molecule has 0 bridgehead atoms. The number of amides is 2. The minimum atomic E-state index is -0.530. The third-order valence-corrected chi connectivity index (χ3v) is 6.29. The van der Waals surface area contributed by atoms with Gasteiger partial charge >= 0.3 is 0 Å². The third kappa shape index (κ3) is 8.40. The maximum atomic E-state index is 13.2. The summed E-state index contributed by atoms with van der Waals surface area (Å²) < 4.78 is 0. The summed E-state index contributed by atoms with van der Waals surface area (Å²) in [5, 5.41) is 4.03. The molecule has 0 aliphatic carbocycles. The van der Waals surface area contributed by atoms with Crippen molar-refractivity contribution >= 4 is 46.8 Å². The minimum Gasteiger partial charge on any atom is -0.350 e. The summed E-state index contributed by atoms with van der Waals surface area (Å²) in [7, 11) is 0. The van der Waals surface area contributed by atoms with Crippen LogP contribution >= 0.6 is 35.0 Å². The fourth-order valence-corrected chi connectivity index (χ4v) is 4.30. The van der Waals surface area contributed by atoms with E-state index in [1.165, 1.54) is 11.8 Å². The van der Waals surface area contributed by atoms with Gasteiger partial charge in [0.05, 0.1) is 15.8 Å². The van der Waals surface area contributed by atoms with Gasteiger partial charge in [-0.2, -0.15) is 0 Å². The zero-order chi connectivity index (χ0) is 23.0. The van der Waals surface area contributed by atoms with Gasteiger partial charge in [-0.05, 0) is 50.5 Å². The van der Waals surface area contributed by atoms with Crippen molar-refractivity contribution < 1.29 is 9.59 Å². The van der Waals surface area contributed by atoms with E-state index < -0.39 is 6.04 Å².